The monoisotopic (exact) mass is 608 g/mol. The molecule has 0 bridgehead atoms. The summed E-state index contributed by atoms with van der Waals surface area (Å²) in [7, 11) is -0.567. The van der Waals surface area contributed by atoms with Gasteiger partial charge in [0, 0.05) is 24.6 Å². The third kappa shape index (κ3) is 4.89. The van der Waals surface area contributed by atoms with Crippen molar-refractivity contribution in [2.24, 2.45) is 5.92 Å². The number of methoxy groups -OCH3 is 1. The fourth-order valence-corrected chi connectivity index (χ4v) is 11.5. The molecule has 1 spiro atoms. The van der Waals surface area contributed by atoms with Crippen LogP contribution in [0, 0.1) is 5.92 Å². The van der Waals surface area contributed by atoms with Gasteiger partial charge in [0.1, 0.15) is 17.5 Å². The number of nitrogens with zero attached hydrogens (tertiary/aromatic N) is 4. The van der Waals surface area contributed by atoms with Crippen LogP contribution in [0.3, 0.4) is 0 Å². The molecule has 3 aromatic carbocycles. The highest BCUT2D eigenvalue weighted by atomic mass is 28.3. The molecule has 6 rings (SSSR count). The predicted molar refractivity (Wildman–Crippen MR) is 174 cm³/mol. The maximum atomic E-state index is 14.4. The van der Waals surface area contributed by atoms with Crippen LogP contribution < -0.4 is 14.8 Å². The lowest BCUT2D eigenvalue weighted by Gasteiger charge is -2.37. The first-order valence-corrected chi connectivity index (χ1v) is 18.3. The molecule has 44 heavy (non-hydrogen) atoms. The van der Waals surface area contributed by atoms with E-state index in [4.69, 9.17) is 9.47 Å². The molecular weight excluding hydrogens is 568 g/mol. The summed E-state index contributed by atoms with van der Waals surface area (Å²) in [5.41, 5.74) is 2.13. The number of aryl methyl sites for hydroxylation is 1. The third-order valence-electron chi connectivity index (χ3n) is 9.65. The standard InChI is InChI=1S/C35H40N4O4Si/c1-6-21-39-30-15-11-10-14-28(30)35(34(39)41)24(2)33(44(4,5)27-18-16-26(42-3)17-19-27)31(43-35)20-22-38-23-29(36-37-38)32(40)25-12-8-7-9-13-25/h6-19,23-24,31-33,40H,1,20-22H2,2-5H3/t24-,31+,32+,33-,35+/m0/s1. The van der Waals surface area contributed by atoms with E-state index in [1.54, 1.807) is 24.1 Å². The molecule has 5 atom stereocenters. The van der Waals surface area contributed by atoms with E-state index in [1.165, 1.54) is 5.19 Å². The number of ether oxygens (including phenoxy) is 2. The Balaban J connectivity index is 1.35. The first kappa shape index (κ1) is 30.0. The second-order valence-electron chi connectivity index (χ2n) is 12.4. The number of anilines is 1. The predicted octanol–water partition coefficient (Wildman–Crippen LogP) is 5.21. The number of aromatic nitrogens is 3. The molecule has 1 amide bonds. The minimum atomic E-state index is -2.24. The maximum absolute atomic E-state index is 14.4. The van der Waals surface area contributed by atoms with E-state index >= 15 is 0 Å². The molecule has 8 nitrogen and oxygen atoms in total. The van der Waals surface area contributed by atoms with Crippen molar-refractivity contribution in [2.45, 2.75) is 56.3 Å². The van der Waals surface area contributed by atoms with Crippen molar-refractivity contribution in [3.63, 3.8) is 0 Å². The molecule has 0 radical (unpaired) electrons. The molecule has 1 saturated heterocycles. The Labute approximate surface area is 259 Å². The molecule has 1 N–H and O–H groups in total. The SMILES string of the molecule is C=CCN1C(=O)[C@]2(O[C@H](CCn3cc([C@H](O)c4ccccc4)nn3)[C@@H]([Si](C)(C)c3ccc(OC)cc3)[C@@H]2C)c2ccccc21. The molecule has 1 aromatic heterocycles. The highest BCUT2D eigenvalue weighted by molar-refractivity contribution is 6.91. The number of aliphatic hydroxyl groups is 1. The number of carbonyl (C=O) groups is 1. The fraction of sp³-hybridized carbons (Fsp3) is 0.343. The number of hydrogen-bond acceptors (Lipinski definition) is 6. The van der Waals surface area contributed by atoms with E-state index in [1.807, 2.05) is 71.6 Å². The molecule has 0 unspecified atom stereocenters. The average Bonchev–Trinajstić information content (AvgIpc) is 3.71. The fourth-order valence-electron chi connectivity index (χ4n) is 7.46. The Kier molecular flexibility index (Phi) is 8.04. The Morgan fingerprint density at radius 2 is 1.80 bits per heavy atom. The molecule has 2 aliphatic rings. The molecule has 0 aliphatic carbocycles. The quantitative estimate of drug-likeness (QED) is 0.197. The number of para-hydroxylation sites is 1. The normalized spacial score (nSPS) is 23.6. The van der Waals surface area contributed by atoms with Gasteiger partial charge in [-0.15, -0.1) is 11.7 Å². The molecule has 9 heteroatoms. The minimum absolute atomic E-state index is 0.0212. The van der Waals surface area contributed by atoms with Gasteiger partial charge in [0.05, 0.1) is 33.2 Å². The van der Waals surface area contributed by atoms with Crippen LogP contribution in [0.5, 0.6) is 5.75 Å². The number of carbonyl (C=O) groups excluding carboxylic acids is 1. The van der Waals surface area contributed by atoms with Crippen molar-refractivity contribution in [1.82, 2.24) is 15.0 Å². The minimum Gasteiger partial charge on any atom is -0.497 e. The zero-order chi connectivity index (χ0) is 31.1. The summed E-state index contributed by atoms with van der Waals surface area (Å²) >= 11 is 0. The summed E-state index contributed by atoms with van der Waals surface area (Å²) < 4.78 is 14.3. The first-order chi connectivity index (χ1) is 21.2. The topological polar surface area (TPSA) is 89.7 Å². The summed E-state index contributed by atoms with van der Waals surface area (Å²) in [5.74, 6) is 0.722. The van der Waals surface area contributed by atoms with E-state index in [0.717, 1.165) is 22.6 Å². The number of rotatable bonds is 10. The van der Waals surface area contributed by atoms with Gasteiger partial charge in [-0.2, -0.15) is 0 Å². The summed E-state index contributed by atoms with van der Waals surface area (Å²) in [5, 5.41) is 20.8. The highest BCUT2D eigenvalue weighted by Gasteiger charge is 2.66. The van der Waals surface area contributed by atoms with Crippen LogP contribution in [0.15, 0.2) is 97.7 Å². The van der Waals surface area contributed by atoms with Crippen LogP contribution in [0.2, 0.25) is 18.6 Å². The zero-order valence-electron chi connectivity index (χ0n) is 25.8. The molecular formula is C35H40N4O4Si. The van der Waals surface area contributed by atoms with E-state index in [9.17, 15) is 9.90 Å². The molecule has 4 aromatic rings. The van der Waals surface area contributed by atoms with Gasteiger partial charge in [-0.3, -0.25) is 9.48 Å². The Bertz CT molecular complexity index is 1640. The molecule has 0 saturated carbocycles. The van der Waals surface area contributed by atoms with Crippen molar-refractivity contribution in [3.05, 3.63) is 115 Å². The lowest BCUT2D eigenvalue weighted by Crippen LogP contribution is -2.51. The van der Waals surface area contributed by atoms with Crippen LogP contribution in [0.1, 0.15) is 36.3 Å². The molecule has 228 valence electrons. The third-order valence-corrected chi connectivity index (χ3v) is 14.0. The molecule has 3 heterocycles. The van der Waals surface area contributed by atoms with Crippen LogP contribution in [0.4, 0.5) is 5.69 Å². The average molecular weight is 609 g/mol. The Morgan fingerprint density at radius 1 is 1.09 bits per heavy atom. The molecule has 1 fully saturated rings. The number of benzene rings is 3. The Morgan fingerprint density at radius 3 is 2.50 bits per heavy atom. The van der Waals surface area contributed by atoms with Crippen molar-refractivity contribution in [2.75, 3.05) is 18.6 Å². The van der Waals surface area contributed by atoms with Gasteiger partial charge in [0.25, 0.3) is 5.91 Å². The van der Waals surface area contributed by atoms with E-state index in [2.05, 4.69) is 49.0 Å². The van der Waals surface area contributed by atoms with Crippen LogP contribution >= 0.6 is 0 Å². The Hall–Kier alpha value is -4.05. The number of amides is 1. The van der Waals surface area contributed by atoms with Gasteiger partial charge in [0.15, 0.2) is 5.60 Å². The van der Waals surface area contributed by atoms with Gasteiger partial charge >= 0.3 is 0 Å². The zero-order valence-corrected chi connectivity index (χ0v) is 26.8. The number of fused-ring (bicyclic) bond motifs is 2. The first-order valence-electron chi connectivity index (χ1n) is 15.2. The van der Waals surface area contributed by atoms with Gasteiger partial charge in [-0.25, -0.2) is 0 Å². The van der Waals surface area contributed by atoms with Gasteiger partial charge in [-0.05, 0) is 35.7 Å². The second-order valence-corrected chi connectivity index (χ2v) is 17.1. The van der Waals surface area contributed by atoms with Crippen LogP contribution in [-0.2, 0) is 21.7 Å². The molecule has 2 aliphatic heterocycles. The van der Waals surface area contributed by atoms with E-state index in [-0.39, 0.29) is 23.5 Å². The van der Waals surface area contributed by atoms with Crippen molar-refractivity contribution >= 4 is 24.9 Å². The highest BCUT2D eigenvalue weighted by Crippen LogP contribution is 2.59. The van der Waals surface area contributed by atoms with Gasteiger partial charge < -0.3 is 19.5 Å². The van der Waals surface area contributed by atoms with Crippen LogP contribution in [-0.4, -0.2) is 53.8 Å². The number of aliphatic hydroxyl groups excluding tert-OH is 1. The lowest BCUT2D eigenvalue weighted by molar-refractivity contribution is -0.145. The maximum Gasteiger partial charge on any atom is 0.264 e. The van der Waals surface area contributed by atoms with Gasteiger partial charge in [0.2, 0.25) is 0 Å². The summed E-state index contributed by atoms with van der Waals surface area (Å²) in [6.45, 7) is 11.8. The summed E-state index contributed by atoms with van der Waals surface area (Å²) in [4.78, 5) is 16.2. The second kappa shape index (κ2) is 11.8. The summed E-state index contributed by atoms with van der Waals surface area (Å²) in [6, 6.07) is 25.8. The largest absolute Gasteiger partial charge is 0.497 e. The van der Waals surface area contributed by atoms with Gasteiger partial charge in [-0.1, -0.05) is 97.2 Å². The van der Waals surface area contributed by atoms with E-state index < -0.39 is 19.8 Å². The van der Waals surface area contributed by atoms with Crippen LogP contribution in [0.25, 0.3) is 0 Å². The van der Waals surface area contributed by atoms with Crippen molar-refractivity contribution < 1.29 is 19.4 Å². The lowest BCUT2D eigenvalue weighted by atomic mass is 9.82. The van der Waals surface area contributed by atoms with Crippen molar-refractivity contribution in [1.29, 1.82) is 0 Å². The van der Waals surface area contributed by atoms with E-state index in [0.29, 0.717) is 25.2 Å². The summed E-state index contributed by atoms with van der Waals surface area (Å²) in [6.07, 6.45) is 3.15. The number of hydrogen-bond donors (Lipinski definition) is 1. The smallest absolute Gasteiger partial charge is 0.264 e. The van der Waals surface area contributed by atoms with Crippen molar-refractivity contribution in [3.8, 4) is 5.75 Å².